The summed E-state index contributed by atoms with van der Waals surface area (Å²) in [6.07, 6.45) is 0.825. The van der Waals surface area contributed by atoms with Gasteiger partial charge < -0.3 is 0 Å². The zero-order valence-electron chi connectivity index (χ0n) is 11.1. The molecular weight excluding hydrogens is 232 g/mol. The van der Waals surface area contributed by atoms with E-state index in [2.05, 4.69) is 23.0 Å². The monoisotopic (exact) mass is 246 g/mol. The maximum atomic E-state index is 8.91. The summed E-state index contributed by atoms with van der Waals surface area (Å²) >= 11 is 0. The van der Waals surface area contributed by atoms with Gasteiger partial charge in [-0.3, -0.25) is 0 Å². The number of hydrogen-bond acceptors (Lipinski definition) is 1. The van der Waals surface area contributed by atoms with Crippen LogP contribution in [0.2, 0.25) is 0 Å². The molecule has 0 fully saturated rings. The molecule has 2 aromatic carbocycles. The van der Waals surface area contributed by atoms with Gasteiger partial charge in [0.15, 0.2) is 5.69 Å². The average molecular weight is 246 g/mol. The third kappa shape index (κ3) is 2.81. The zero-order valence-corrected chi connectivity index (χ0v) is 11.1. The smallest absolute Gasteiger partial charge is 0.190 e. The Morgan fingerprint density at radius 3 is 2.21 bits per heavy atom. The Bertz CT molecular complexity index is 639. The molecule has 0 bridgehead atoms. The van der Waals surface area contributed by atoms with Crippen molar-refractivity contribution in [2.45, 2.75) is 20.3 Å². The van der Waals surface area contributed by atoms with Crippen LogP contribution in [0.5, 0.6) is 0 Å². The van der Waals surface area contributed by atoms with Crippen molar-refractivity contribution < 1.29 is 0 Å². The molecule has 19 heavy (non-hydrogen) atoms. The van der Waals surface area contributed by atoms with E-state index in [9.17, 15) is 0 Å². The first-order valence-electron chi connectivity index (χ1n) is 6.10. The fraction of sp³-hybridized carbons (Fsp3) is 0.176. The third-order valence-electron chi connectivity index (χ3n) is 3.20. The first-order valence-corrected chi connectivity index (χ1v) is 6.10. The molecule has 0 unspecified atom stereocenters. The van der Waals surface area contributed by atoms with E-state index in [1.165, 1.54) is 11.1 Å². The van der Waals surface area contributed by atoms with Gasteiger partial charge in [-0.1, -0.05) is 30.3 Å². The molecule has 0 radical (unpaired) electrons. The van der Waals surface area contributed by atoms with Crippen LogP contribution in [0.15, 0.2) is 36.4 Å². The van der Waals surface area contributed by atoms with Gasteiger partial charge in [0, 0.05) is 0 Å². The van der Waals surface area contributed by atoms with Gasteiger partial charge in [0.1, 0.15) is 0 Å². The number of benzene rings is 2. The Morgan fingerprint density at radius 1 is 1.05 bits per heavy atom. The first-order chi connectivity index (χ1) is 9.13. The van der Waals surface area contributed by atoms with E-state index in [1.54, 1.807) is 0 Å². The Morgan fingerprint density at radius 2 is 1.68 bits per heavy atom. The predicted octanol–water partition coefficient (Wildman–Crippen LogP) is 4.32. The van der Waals surface area contributed by atoms with E-state index >= 15 is 0 Å². The van der Waals surface area contributed by atoms with Gasteiger partial charge in [0.25, 0.3) is 0 Å². The summed E-state index contributed by atoms with van der Waals surface area (Å²) in [6.45, 7) is 11.0. The van der Waals surface area contributed by atoms with Gasteiger partial charge in [-0.05, 0) is 48.6 Å². The minimum Gasteiger partial charge on any atom is -0.238 e. The molecule has 2 aromatic rings. The summed E-state index contributed by atoms with van der Waals surface area (Å²) < 4.78 is 0. The standard InChI is InChI=1S/C17H14N2/c1-12-8-14(4-6-16(12)11-18)10-15-5-7-17(19-3)13(2)9-15/h4-9H,10H2,1-2H3. The molecule has 0 saturated heterocycles. The van der Waals surface area contributed by atoms with Crippen LogP contribution < -0.4 is 0 Å². The third-order valence-corrected chi connectivity index (χ3v) is 3.20. The highest BCUT2D eigenvalue weighted by Crippen LogP contribution is 2.21. The highest BCUT2D eigenvalue weighted by atomic mass is 14.6. The SMILES string of the molecule is [C-]#[N+]c1ccc(Cc2ccc(C#N)c(C)c2)cc1C. The van der Waals surface area contributed by atoms with Crippen LogP contribution in [0.25, 0.3) is 4.85 Å². The van der Waals surface area contributed by atoms with Gasteiger partial charge in [-0.15, -0.1) is 0 Å². The van der Waals surface area contributed by atoms with Gasteiger partial charge in [0.05, 0.1) is 18.2 Å². The van der Waals surface area contributed by atoms with Crippen molar-refractivity contribution in [2.75, 3.05) is 0 Å². The molecule has 0 aliphatic carbocycles. The van der Waals surface area contributed by atoms with Crippen LogP contribution in [0.4, 0.5) is 5.69 Å². The molecular formula is C17H14N2. The number of rotatable bonds is 2. The summed E-state index contributed by atoms with van der Waals surface area (Å²) in [6, 6.07) is 14.0. The highest BCUT2D eigenvalue weighted by molar-refractivity contribution is 5.53. The fourth-order valence-electron chi connectivity index (χ4n) is 2.15. The largest absolute Gasteiger partial charge is 0.238 e. The minimum absolute atomic E-state index is 0.708. The van der Waals surface area contributed by atoms with E-state index in [-0.39, 0.29) is 0 Å². The fourth-order valence-corrected chi connectivity index (χ4v) is 2.15. The van der Waals surface area contributed by atoms with Gasteiger partial charge >= 0.3 is 0 Å². The van der Waals surface area contributed by atoms with E-state index in [0.717, 1.165) is 23.1 Å². The first kappa shape index (κ1) is 12.9. The van der Waals surface area contributed by atoms with Crippen LogP contribution in [0.1, 0.15) is 27.8 Å². The van der Waals surface area contributed by atoms with Crippen LogP contribution >= 0.6 is 0 Å². The zero-order chi connectivity index (χ0) is 13.8. The van der Waals surface area contributed by atoms with E-state index in [4.69, 9.17) is 11.8 Å². The van der Waals surface area contributed by atoms with Gasteiger partial charge in [-0.2, -0.15) is 5.26 Å². The lowest BCUT2D eigenvalue weighted by molar-refractivity contribution is 1.17. The van der Waals surface area contributed by atoms with Crippen molar-refractivity contribution in [2.24, 2.45) is 0 Å². The summed E-state index contributed by atoms with van der Waals surface area (Å²) in [7, 11) is 0. The molecule has 2 heteroatoms. The van der Waals surface area contributed by atoms with Crippen molar-refractivity contribution >= 4 is 5.69 Å². The summed E-state index contributed by atoms with van der Waals surface area (Å²) in [5.41, 5.74) is 5.83. The average Bonchev–Trinajstić information content (AvgIpc) is 2.39. The van der Waals surface area contributed by atoms with E-state index in [1.807, 2.05) is 38.1 Å². The lowest BCUT2D eigenvalue weighted by Gasteiger charge is -2.06. The lowest BCUT2D eigenvalue weighted by atomic mass is 9.99. The minimum atomic E-state index is 0.708. The van der Waals surface area contributed by atoms with Gasteiger partial charge in [0.2, 0.25) is 0 Å². The van der Waals surface area contributed by atoms with Crippen LogP contribution in [0, 0.1) is 31.8 Å². The Hall–Kier alpha value is -2.58. The Labute approximate surface area is 113 Å². The molecule has 0 amide bonds. The second-order valence-corrected chi connectivity index (χ2v) is 4.67. The van der Waals surface area contributed by atoms with Crippen molar-refractivity contribution in [3.8, 4) is 6.07 Å². The van der Waals surface area contributed by atoms with Crippen LogP contribution in [-0.2, 0) is 6.42 Å². The second-order valence-electron chi connectivity index (χ2n) is 4.67. The molecule has 92 valence electrons. The molecule has 2 rings (SSSR count). The predicted molar refractivity (Wildman–Crippen MR) is 76.1 cm³/mol. The molecule has 0 atom stereocenters. The van der Waals surface area contributed by atoms with E-state index in [0.29, 0.717) is 5.69 Å². The number of hydrogen-bond donors (Lipinski definition) is 0. The summed E-state index contributed by atoms with van der Waals surface area (Å²) in [5.74, 6) is 0. The number of aryl methyl sites for hydroxylation is 2. The van der Waals surface area contributed by atoms with Crippen LogP contribution in [-0.4, -0.2) is 0 Å². The van der Waals surface area contributed by atoms with Crippen molar-refractivity contribution in [1.29, 1.82) is 5.26 Å². The van der Waals surface area contributed by atoms with Gasteiger partial charge in [-0.25, -0.2) is 4.85 Å². The second kappa shape index (κ2) is 5.38. The normalized spacial score (nSPS) is 9.68. The maximum Gasteiger partial charge on any atom is 0.190 e. The topological polar surface area (TPSA) is 28.1 Å². The van der Waals surface area contributed by atoms with Crippen LogP contribution in [0.3, 0.4) is 0 Å². The number of nitriles is 1. The molecule has 0 aliphatic rings. The Balaban J connectivity index is 2.27. The highest BCUT2D eigenvalue weighted by Gasteiger charge is 2.03. The summed E-state index contributed by atoms with van der Waals surface area (Å²) in [4.78, 5) is 3.47. The molecule has 0 spiro atoms. The molecule has 0 aromatic heterocycles. The lowest BCUT2D eigenvalue weighted by Crippen LogP contribution is -1.91. The maximum absolute atomic E-state index is 8.91. The van der Waals surface area contributed by atoms with Crippen molar-refractivity contribution in [3.63, 3.8) is 0 Å². The summed E-state index contributed by atoms with van der Waals surface area (Å²) in [5, 5.41) is 8.91. The molecule has 2 nitrogen and oxygen atoms in total. The molecule has 0 heterocycles. The molecule has 0 aliphatic heterocycles. The molecule has 0 saturated carbocycles. The number of nitrogens with zero attached hydrogens (tertiary/aromatic N) is 2. The van der Waals surface area contributed by atoms with Crippen molar-refractivity contribution in [1.82, 2.24) is 0 Å². The Kier molecular flexibility index (Phi) is 3.64. The quantitative estimate of drug-likeness (QED) is 0.725. The van der Waals surface area contributed by atoms with E-state index < -0.39 is 0 Å². The molecule has 0 N–H and O–H groups in total. The van der Waals surface area contributed by atoms with Crippen molar-refractivity contribution in [3.05, 3.63) is 75.6 Å².